The predicted molar refractivity (Wildman–Crippen MR) is 112 cm³/mol. The summed E-state index contributed by atoms with van der Waals surface area (Å²) in [6.45, 7) is 8.61. The van der Waals surface area contributed by atoms with Gasteiger partial charge in [0.1, 0.15) is 6.33 Å². The van der Waals surface area contributed by atoms with Gasteiger partial charge in [-0.15, -0.1) is 0 Å². The van der Waals surface area contributed by atoms with Gasteiger partial charge < -0.3 is 11.5 Å². The van der Waals surface area contributed by atoms with Crippen LogP contribution in [0.4, 0.5) is 5.69 Å². The van der Waals surface area contributed by atoms with Gasteiger partial charge in [-0.2, -0.15) is 0 Å². The second-order valence-corrected chi connectivity index (χ2v) is 6.83. The molecule has 3 aromatic rings. The first kappa shape index (κ1) is 19.4. The molecule has 1 aromatic heterocycles. The third-order valence-electron chi connectivity index (χ3n) is 4.26. The normalized spacial score (nSPS) is 11.2. The molecule has 0 fully saturated rings. The number of nitrogens with zero attached hydrogens (tertiary/aromatic N) is 2. The van der Waals surface area contributed by atoms with E-state index in [4.69, 9.17) is 11.5 Å². The summed E-state index contributed by atoms with van der Waals surface area (Å²) in [7, 11) is 0. The average Bonchev–Trinajstić information content (AvgIpc) is 2.63. The molecule has 4 N–H and O–H groups in total. The van der Waals surface area contributed by atoms with E-state index in [2.05, 4.69) is 49.8 Å². The minimum Gasteiger partial charge on any atom is -0.405 e. The molecule has 0 spiro atoms. The molecule has 2 aromatic carbocycles. The molecule has 4 heteroatoms. The standard InChI is InChI=1S/C11H12N2.C11H16N2/c1-8(2)10-5-3-4-9-6-12-7-13-11(9)10;1-8(2)10-5-3-4-9(6-7-12)11(10)13/h3-8H,1-2H3;3-8H,12-13H2,1-2H3/b;7-6-. The Morgan fingerprint density at radius 3 is 2.23 bits per heavy atom. The van der Waals surface area contributed by atoms with Gasteiger partial charge in [0.05, 0.1) is 5.52 Å². The van der Waals surface area contributed by atoms with Crippen LogP contribution in [0.15, 0.2) is 55.1 Å². The van der Waals surface area contributed by atoms with E-state index in [1.54, 1.807) is 6.33 Å². The SMILES string of the molecule is CC(C)c1cccc(/C=C\N)c1N.CC(C)c1cccc2cncnc12. The molecule has 0 saturated heterocycles. The van der Waals surface area contributed by atoms with Crippen LogP contribution in [-0.2, 0) is 0 Å². The van der Waals surface area contributed by atoms with Gasteiger partial charge in [0, 0.05) is 17.3 Å². The van der Waals surface area contributed by atoms with Crippen molar-refractivity contribution in [1.82, 2.24) is 9.97 Å². The van der Waals surface area contributed by atoms with Crippen LogP contribution in [0.3, 0.4) is 0 Å². The van der Waals surface area contributed by atoms with Crippen molar-refractivity contribution in [2.24, 2.45) is 5.73 Å². The number of nitrogens with two attached hydrogens (primary N) is 2. The smallest absolute Gasteiger partial charge is 0.116 e. The molecular formula is C22H28N4. The van der Waals surface area contributed by atoms with Crippen molar-refractivity contribution in [1.29, 1.82) is 0 Å². The molecule has 0 bridgehead atoms. The van der Waals surface area contributed by atoms with Gasteiger partial charge in [-0.05, 0) is 40.8 Å². The molecule has 4 nitrogen and oxygen atoms in total. The fraction of sp³-hybridized carbons (Fsp3) is 0.273. The Morgan fingerprint density at radius 1 is 0.923 bits per heavy atom. The molecule has 0 atom stereocenters. The molecule has 0 amide bonds. The van der Waals surface area contributed by atoms with E-state index in [0.717, 1.165) is 22.2 Å². The highest BCUT2D eigenvalue weighted by Gasteiger charge is 2.06. The van der Waals surface area contributed by atoms with Gasteiger partial charge in [0.25, 0.3) is 0 Å². The Morgan fingerprint density at radius 2 is 1.58 bits per heavy atom. The van der Waals surface area contributed by atoms with E-state index in [9.17, 15) is 0 Å². The minimum atomic E-state index is 0.450. The summed E-state index contributed by atoms with van der Waals surface area (Å²) >= 11 is 0. The van der Waals surface area contributed by atoms with Crippen LogP contribution in [0.25, 0.3) is 17.0 Å². The maximum Gasteiger partial charge on any atom is 0.116 e. The molecule has 3 rings (SSSR count). The fourth-order valence-electron chi connectivity index (χ4n) is 2.86. The predicted octanol–water partition coefficient (Wildman–Crippen LogP) is 5.07. The van der Waals surface area contributed by atoms with Gasteiger partial charge in [0.2, 0.25) is 0 Å². The van der Waals surface area contributed by atoms with E-state index in [0.29, 0.717) is 11.8 Å². The average molecular weight is 348 g/mol. The highest BCUT2D eigenvalue weighted by atomic mass is 14.8. The van der Waals surface area contributed by atoms with Gasteiger partial charge in [-0.3, -0.25) is 0 Å². The third kappa shape index (κ3) is 4.60. The lowest BCUT2D eigenvalue weighted by Crippen LogP contribution is -1.98. The number of nitrogen functional groups attached to an aromatic ring is 1. The van der Waals surface area contributed by atoms with Crippen LogP contribution in [0.5, 0.6) is 0 Å². The summed E-state index contributed by atoms with van der Waals surface area (Å²) in [6.07, 6.45) is 6.79. The van der Waals surface area contributed by atoms with E-state index in [-0.39, 0.29) is 0 Å². The molecule has 136 valence electrons. The fourth-order valence-corrected chi connectivity index (χ4v) is 2.86. The van der Waals surface area contributed by atoms with Crippen molar-refractivity contribution in [2.75, 3.05) is 5.73 Å². The van der Waals surface area contributed by atoms with Gasteiger partial charge in [-0.1, -0.05) is 64.1 Å². The van der Waals surface area contributed by atoms with Crippen molar-refractivity contribution in [2.45, 2.75) is 39.5 Å². The Balaban J connectivity index is 0.000000187. The van der Waals surface area contributed by atoms with Crippen LogP contribution in [0.1, 0.15) is 56.2 Å². The van der Waals surface area contributed by atoms with Crippen LogP contribution >= 0.6 is 0 Å². The number of fused-ring (bicyclic) bond motifs is 1. The lowest BCUT2D eigenvalue weighted by Gasteiger charge is -2.11. The first-order valence-electron chi connectivity index (χ1n) is 8.91. The molecule has 0 aliphatic rings. The topological polar surface area (TPSA) is 77.8 Å². The number of benzene rings is 2. The molecule has 26 heavy (non-hydrogen) atoms. The zero-order chi connectivity index (χ0) is 19.1. The Kier molecular flexibility index (Phi) is 6.73. The third-order valence-corrected chi connectivity index (χ3v) is 4.26. The quantitative estimate of drug-likeness (QED) is 0.647. The van der Waals surface area contributed by atoms with Gasteiger partial charge in [0.15, 0.2) is 0 Å². The van der Waals surface area contributed by atoms with E-state index >= 15 is 0 Å². The van der Waals surface area contributed by atoms with Crippen molar-refractivity contribution < 1.29 is 0 Å². The Labute approximate surface area is 156 Å². The molecule has 0 aliphatic carbocycles. The number of hydrogen-bond donors (Lipinski definition) is 2. The molecule has 0 saturated carbocycles. The maximum absolute atomic E-state index is 5.96. The number of rotatable bonds is 3. The number of para-hydroxylation sites is 2. The molecule has 0 radical (unpaired) electrons. The first-order valence-corrected chi connectivity index (χ1v) is 8.91. The lowest BCUT2D eigenvalue weighted by atomic mass is 9.98. The van der Waals surface area contributed by atoms with E-state index < -0.39 is 0 Å². The summed E-state index contributed by atoms with van der Waals surface area (Å²) in [4.78, 5) is 8.29. The number of hydrogen-bond acceptors (Lipinski definition) is 4. The largest absolute Gasteiger partial charge is 0.405 e. The Bertz CT molecular complexity index is 877. The molecule has 1 heterocycles. The van der Waals surface area contributed by atoms with Gasteiger partial charge in [-0.25, -0.2) is 9.97 Å². The molecular weight excluding hydrogens is 320 g/mol. The summed E-state index contributed by atoms with van der Waals surface area (Å²) in [6, 6.07) is 12.2. The highest BCUT2D eigenvalue weighted by molar-refractivity contribution is 5.81. The van der Waals surface area contributed by atoms with Crippen molar-refractivity contribution >= 4 is 22.7 Å². The van der Waals surface area contributed by atoms with Crippen LogP contribution in [0.2, 0.25) is 0 Å². The zero-order valence-corrected chi connectivity index (χ0v) is 16.0. The zero-order valence-electron chi connectivity index (χ0n) is 16.0. The van der Waals surface area contributed by atoms with Crippen molar-refractivity contribution in [3.63, 3.8) is 0 Å². The van der Waals surface area contributed by atoms with Crippen molar-refractivity contribution in [3.8, 4) is 0 Å². The number of aromatic nitrogens is 2. The van der Waals surface area contributed by atoms with E-state index in [1.807, 2.05) is 36.5 Å². The first-order chi connectivity index (χ1) is 12.5. The molecule has 0 aliphatic heterocycles. The summed E-state index contributed by atoms with van der Waals surface area (Å²) in [5.74, 6) is 0.963. The second-order valence-electron chi connectivity index (χ2n) is 6.83. The van der Waals surface area contributed by atoms with Crippen LogP contribution in [0, 0.1) is 0 Å². The highest BCUT2D eigenvalue weighted by Crippen LogP contribution is 2.25. The second kappa shape index (κ2) is 8.99. The summed E-state index contributed by atoms with van der Waals surface area (Å²) in [5.41, 5.74) is 16.7. The van der Waals surface area contributed by atoms with Gasteiger partial charge >= 0.3 is 0 Å². The summed E-state index contributed by atoms with van der Waals surface area (Å²) < 4.78 is 0. The summed E-state index contributed by atoms with van der Waals surface area (Å²) in [5, 5.41) is 1.12. The minimum absolute atomic E-state index is 0.450. The number of anilines is 1. The van der Waals surface area contributed by atoms with Crippen LogP contribution < -0.4 is 11.5 Å². The lowest BCUT2D eigenvalue weighted by molar-refractivity contribution is 0.869. The Hall–Kier alpha value is -2.88. The molecule has 0 unspecified atom stereocenters. The maximum atomic E-state index is 5.96. The van der Waals surface area contributed by atoms with Crippen LogP contribution in [-0.4, -0.2) is 9.97 Å². The van der Waals surface area contributed by atoms with Crippen molar-refractivity contribution in [3.05, 3.63) is 71.8 Å². The van der Waals surface area contributed by atoms with E-state index in [1.165, 1.54) is 17.3 Å². The monoisotopic (exact) mass is 348 g/mol.